The molecule has 0 atom stereocenters. The number of nitrogens with one attached hydrogen (secondary N) is 1. The van der Waals surface area contributed by atoms with Gasteiger partial charge >= 0.3 is 0 Å². The molecule has 0 bridgehead atoms. The van der Waals surface area contributed by atoms with Crippen LogP contribution in [-0.4, -0.2) is 55.2 Å². The second-order valence-corrected chi connectivity index (χ2v) is 8.16. The average Bonchev–Trinajstić information content (AvgIpc) is 3.18. The third kappa shape index (κ3) is 4.87. The van der Waals surface area contributed by atoms with E-state index in [2.05, 4.69) is 39.4 Å². The van der Waals surface area contributed by atoms with Crippen LogP contribution in [0.3, 0.4) is 0 Å². The SMILES string of the molecule is Cc1nonc1CC(=O)N1CCC(c2nc(NC(C)C)ncc2-c2ccncc2)CC1. The smallest absolute Gasteiger partial charge is 0.228 e. The van der Waals surface area contributed by atoms with Crippen LogP contribution in [0.2, 0.25) is 0 Å². The van der Waals surface area contributed by atoms with Gasteiger partial charge in [0.1, 0.15) is 11.4 Å². The normalized spacial score (nSPS) is 14.8. The number of amides is 1. The van der Waals surface area contributed by atoms with Gasteiger partial charge in [-0.1, -0.05) is 10.3 Å². The van der Waals surface area contributed by atoms with Crippen molar-refractivity contribution in [3.05, 3.63) is 47.8 Å². The minimum absolute atomic E-state index is 0.0523. The third-order valence-electron chi connectivity index (χ3n) is 5.53. The number of pyridine rings is 1. The van der Waals surface area contributed by atoms with E-state index >= 15 is 0 Å². The van der Waals surface area contributed by atoms with Crippen LogP contribution >= 0.6 is 0 Å². The van der Waals surface area contributed by atoms with Gasteiger partial charge in [-0.15, -0.1) is 0 Å². The molecule has 1 saturated heterocycles. The summed E-state index contributed by atoms with van der Waals surface area (Å²) in [5.74, 6) is 0.935. The lowest BCUT2D eigenvalue weighted by Crippen LogP contribution is -2.39. The van der Waals surface area contributed by atoms with Crippen molar-refractivity contribution in [2.24, 2.45) is 0 Å². The van der Waals surface area contributed by atoms with Crippen LogP contribution in [0.15, 0.2) is 35.4 Å². The summed E-state index contributed by atoms with van der Waals surface area (Å²) in [5, 5.41) is 10.9. The van der Waals surface area contributed by atoms with E-state index in [1.807, 2.05) is 23.2 Å². The van der Waals surface area contributed by atoms with Gasteiger partial charge in [0.25, 0.3) is 0 Å². The number of aromatic nitrogens is 5. The quantitative estimate of drug-likeness (QED) is 0.647. The number of carbonyl (C=O) groups excluding carboxylic acids is 1. The molecule has 3 aromatic heterocycles. The van der Waals surface area contributed by atoms with Gasteiger partial charge in [-0.3, -0.25) is 9.78 Å². The fourth-order valence-electron chi connectivity index (χ4n) is 3.86. The first-order chi connectivity index (χ1) is 15.0. The van der Waals surface area contributed by atoms with Gasteiger partial charge in [-0.2, -0.15) is 0 Å². The Morgan fingerprint density at radius 2 is 1.97 bits per heavy atom. The molecule has 9 heteroatoms. The number of hydrogen-bond donors (Lipinski definition) is 1. The Bertz CT molecular complexity index is 1030. The number of hydrogen-bond acceptors (Lipinski definition) is 8. The maximum Gasteiger partial charge on any atom is 0.228 e. The predicted molar refractivity (Wildman–Crippen MR) is 115 cm³/mol. The van der Waals surface area contributed by atoms with Gasteiger partial charge in [0, 0.05) is 49.2 Å². The van der Waals surface area contributed by atoms with E-state index in [1.165, 1.54) is 0 Å². The molecule has 0 spiro atoms. The van der Waals surface area contributed by atoms with Crippen LogP contribution in [0.4, 0.5) is 5.95 Å². The number of piperidine rings is 1. The molecule has 0 saturated carbocycles. The van der Waals surface area contributed by atoms with Crippen molar-refractivity contribution in [1.82, 2.24) is 30.2 Å². The lowest BCUT2D eigenvalue weighted by atomic mass is 9.89. The van der Waals surface area contributed by atoms with E-state index in [-0.39, 0.29) is 24.3 Å². The third-order valence-corrected chi connectivity index (χ3v) is 5.53. The van der Waals surface area contributed by atoms with Crippen LogP contribution in [0.25, 0.3) is 11.1 Å². The average molecular weight is 422 g/mol. The minimum atomic E-state index is 0.0523. The fraction of sp³-hybridized carbons (Fsp3) is 0.455. The molecule has 162 valence electrons. The monoisotopic (exact) mass is 421 g/mol. The van der Waals surface area contributed by atoms with Crippen molar-refractivity contribution < 1.29 is 9.42 Å². The zero-order valence-corrected chi connectivity index (χ0v) is 18.1. The summed E-state index contributed by atoms with van der Waals surface area (Å²) >= 11 is 0. The molecule has 1 N–H and O–H groups in total. The van der Waals surface area contributed by atoms with Crippen LogP contribution < -0.4 is 5.32 Å². The molecule has 4 rings (SSSR count). The van der Waals surface area contributed by atoms with E-state index in [9.17, 15) is 4.79 Å². The number of rotatable bonds is 6. The number of likely N-dealkylation sites (tertiary alicyclic amines) is 1. The number of anilines is 1. The van der Waals surface area contributed by atoms with Crippen LogP contribution in [0.5, 0.6) is 0 Å². The first-order valence-electron chi connectivity index (χ1n) is 10.6. The molecule has 9 nitrogen and oxygen atoms in total. The summed E-state index contributed by atoms with van der Waals surface area (Å²) < 4.78 is 4.71. The highest BCUT2D eigenvalue weighted by molar-refractivity contribution is 5.78. The van der Waals surface area contributed by atoms with Crippen molar-refractivity contribution in [2.75, 3.05) is 18.4 Å². The van der Waals surface area contributed by atoms with Crippen molar-refractivity contribution >= 4 is 11.9 Å². The summed E-state index contributed by atoms with van der Waals surface area (Å²) in [6.07, 6.45) is 7.36. The zero-order valence-electron chi connectivity index (χ0n) is 18.1. The molecule has 1 amide bonds. The molecule has 1 aliphatic rings. The molecule has 0 unspecified atom stereocenters. The molecule has 31 heavy (non-hydrogen) atoms. The molecule has 4 heterocycles. The summed E-state index contributed by atoms with van der Waals surface area (Å²) in [5.41, 5.74) is 4.36. The lowest BCUT2D eigenvalue weighted by Gasteiger charge is -2.32. The predicted octanol–water partition coefficient (Wildman–Crippen LogP) is 3.00. The number of nitrogens with zero attached hydrogens (tertiary/aromatic N) is 6. The van der Waals surface area contributed by atoms with Gasteiger partial charge in [-0.05, 0) is 51.3 Å². The largest absolute Gasteiger partial charge is 0.352 e. The Labute approximate surface area is 181 Å². The zero-order chi connectivity index (χ0) is 21.8. The molecule has 0 aromatic carbocycles. The summed E-state index contributed by atoms with van der Waals surface area (Å²) in [4.78, 5) is 28.1. The van der Waals surface area contributed by atoms with E-state index < -0.39 is 0 Å². The summed E-state index contributed by atoms with van der Waals surface area (Å²) in [6.45, 7) is 7.29. The molecule has 3 aromatic rings. The maximum absolute atomic E-state index is 12.7. The first kappa shape index (κ1) is 20.9. The molecular formula is C22H27N7O2. The van der Waals surface area contributed by atoms with Crippen molar-refractivity contribution in [2.45, 2.75) is 52.0 Å². The molecular weight excluding hydrogens is 394 g/mol. The minimum Gasteiger partial charge on any atom is -0.352 e. The van der Waals surface area contributed by atoms with Gasteiger partial charge in [0.15, 0.2) is 0 Å². The molecule has 0 radical (unpaired) electrons. The van der Waals surface area contributed by atoms with Crippen molar-refractivity contribution in [3.63, 3.8) is 0 Å². The first-order valence-corrected chi connectivity index (χ1v) is 10.6. The van der Waals surface area contributed by atoms with E-state index in [1.54, 1.807) is 19.3 Å². The highest BCUT2D eigenvalue weighted by atomic mass is 16.6. The Kier molecular flexibility index (Phi) is 6.20. The standard InChI is InChI=1S/C22H27N7O2/c1-14(2)25-22-24-13-18(16-4-8-23-9-5-16)21(26-22)17-6-10-29(11-7-17)20(30)12-19-15(3)27-31-28-19/h4-5,8-9,13-14,17H,6-7,10-12H2,1-3H3,(H,24,25,26). The van der Waals surface area contributed by atoms with Crippen LogP contribution in [-0.2, 0) is 11.2 Å². The maximum atomic E-state index is 12.7. The van der Waals surface area contributed by atoms with E-state index in [0.29, 0.717) is 30.4 Å². The number of carbonyl (C=O) groups is 1. The summed E-state index contributed by atoms with van der Waals surface area (Å²) in [7, 11) is 0. The molecule has 1 aliphatic heterocycles. The van der Waals surface area contributed by atoms with Gasteiger partial charge in [-0.25, -0.2) is 14.6 Å². The Balaban J connectivity index is 1.51. The summed E-state index contributed by atoms with van der Waals surface area (Å²) in [6, 6.07) is 4.20. The highest BCUT2D eigenvalue weighted by Crippen LogP contribution is 2.34. The van der Waals surface area contributed by atoms with E-state index in [4.69, 9.17) is 9.61 Å². The Morgan fingerprint density at radius 1 is 1.23 bits per heavy atom. The van der Waals surface area contributed by atoms with Crippen molar-refractivity contribution in [1.29, 1.82) is 0 Å². The van der Waals surface area contributed by atoms with Gasteiger partial charge in [0.2, 0.25) is 11.9 Å². The lowest BCUT2D eigenvalue weighted by molar-refractivity contribution is -0.131. The van der Waals surface area contributed by atoms with Crippen LogP contribution in [0.1, 0.15) is 49.7 Å². The fourth-order valence-corrected chi connectivity index (χ4v) is 3.86. The van der Waals surface area contributed by atoms with Gasteiger partial charge < -0.3 is 10.2 Å². The van der Waals surface area contributed by atoms with E-state index in [0.717, 1.165) is 29.7 Å². The topological polar surface area (TPSA) is 110 Å². The molecule has 1 fully saturated rings. The van der Waals surface area contributed by atoms with Crippen molar-refractivity contribution in [3.8, 4) is 11.1 Å². The Morgan fingerprint density at radius 3 is 2.61 bits per heavy atom. The Hall–Kier alpha value is -3.36. The number of aryl methyl sites for hydroxylation is 1. The molecule has 0 aliphatic carbocycles. The van der Waals surface area contributed by atoms with Gasteiger partial charge in [0.05, 0.1) is 12.1 Å². The second-order valence-electron chi connectivity index (χ2n) is 8.16. The van der Waals surface area contributed by atoms with Crippen LogP contribution in [0, 0.1) is 6.92 Å². The second kappa shape index (κ2) is 9.20. The highest BCUT2D eigenvalue weighted by Gasteiger charge is 2.28.